The van der Waals surface area contributed by atoms with E-state index in [-0.39, 0.29) is 17.4 Å². The van der Waals surface area contributed by atoms with Gasteiger partial charge < -0.3 is 9.84 Å². The first-order chi connectivity index (χ1) is 14.6. The lowest BCUT2D eigenvalue weighted by molar-refractivity contribution is 0.452. The summed E-state index contributed by atoms with van der Waals surface area (Å²) >= 11 is 0. The second-order valence-corrected chi connectivity index (χ2v) is 10.4. The number of aryl methyl sites for hydroxylation is 2. The van der Waals surface area contributed by atoms with Crippen LogP contribution in [0.2, 0.25) is 0 Å². The van der Waals surface area contributed by atoms with Crippen LogP contribution in [0, 0.1) is 13.8 Å². The van der Waals surface area contributed by atoms with E-state index in [9.17, 15) is 13.5 Å². The van der Waals surface area contributed by atoms with Crippen LogP contribution >= 0.6 is 0 Å². The molecule has 0 aliphatic rings. The molecule has 0 saturated heterocycles. The molecule has 6 heteroatoms. The summed E-state index contributed by atoms with van der Waals surface area (Å²) in [6.07, 6.45) is 6.27. The van der Waals surface area contributed by atoms with Gasteiger partial charge in [0.1, 0.15) is 17.2 Å². The molecular weight excluding hydrogens is 410 g/mol. The Hall–Kier alpha value is -2.21. The van der Waals surface area contributed by atoms with Crippen molar-refractivity contribution in [2.75, 3.05) is 10.5 Å². The molecule has 0 amide bonds. The molecule has 2 aromatic carbocycles. The van der Waals surface area contributed by atoms with E-state index in [0.717, 1.165) is 29.5 Å². The highest BCUT2D eigenvalue weighted by atomic mass is 32.2. The van der Waals surface area contributed by atoms with E-state index in [2.05, 4.69) is 11.6 Å². The number of nitrogens with one attached hydrogen (secondary N) is 1. The van der Waals surface area contributed by atoms with E-state index in [1.807, 2.05) is 33.8 Å². The minimum absolute atomic E-state index is 0.140. The number of anilines is 1. The van der Waals surface area contributed by atoms with E-state index >= 15 is 0 Å². The van der Waals surface area contributed by atoms with Gasteiger partial charge in [-0.25, -0.2) is 8.42 Å². The van der Waals surface area contributed by atoms with Crippen molar-refractivity contribution in [1.29, 1.82) is 0 Å². The molecular formula is C25H37NO4S. The van der Waals surface area contributed by atoms with Gasteiger partial charge in [-0.1, -0.05) is 52.9 Å². The third-order valence-corrected chi connectivity index (χ3v) is 6.71. The van der Waals surface area contributed by atoms with Crippen LogP contribution in [0.5, 0.6) is 17.2 Å². The molecule has 0 aliphatic heterocycles. The normalized spacial score (nSPS) is 11.7. The fraction of sp³-hybridized carbons (Fsp3) is 0.520. The summed E-state index contributed by atoms with van der Waals surface area (Å²) in [6.45, 7) is 10.0. The number of hydrogen-bond donors (Lipinski definition) is 2. The van der Waals surface area contributed by atoms with E-state index in [4.69, 9.17) is 4.74 Å². The summed E-state index contributed by atoms with van der Waals surface area (Å²) in [4.78, 5) is 0. The average Bonchev–Trinajstić information content (AvgIpc) is 2.68. The first-order valence-electron chi connectivity index (χ1n) is 11.3. The molecule has 0 unspecified atom stereocenters. The fourth-order valence-electron chi connectivity index (χ4n) is 3.65. The Kier molecular flexibility index (Phi) is 9.23. The fourth-order valence-corrected chi connectivity index (χ4v) is 4.81. The van der Waals surface area contributed by atoms with Crippen molar-refractivity contribution in [1.82, 2.24) is 0 Å². The van der Waals surface area contributed by atoms with Gasteiger partial charge in [-0.3, -0.25) is 4.72 Å². The average molecular weight is 448 g/mol. The van der Waals surface area contributed by atoms with Crippen molar-refractivity contribution >= 4 is 15.7 Å². The molecule has 0 heterocycles. The number of benzene rings is 2. The third-order valence-electron chi connectivity index (χ3n) is 5.34. The highest BCUT2D eigenvalue weighted by Gasteiger charge is 2.15. The van der Waals surface area contributed by atoms with Crippen LogP contribution in [0.25, 0.3) is 0 Å². The smallest absolute Gasteiger partial charge is 0.232 e. The van der Waals surface area contributed by atoms with Gasteiger partial charge >= 0.3 is 0 Å². The maximum atomic E-state index is 12.5. The summed E-state index contributed by atoms with van der Waals surface area (Å²) in [7, 11) is -3.37. The number of ether oxygens (including phenoxy) is 1. The number of phenols is 1. The summed E-state index contributed by atoms with van der Waals surface area (Å²) in [5.41, 5.74) is 3.07. The lowest BCUT2D eigenvalue weighted by Gasteiger charge is -2.16. The summed E-state index contributed by atoms with van der Waals surface area (Å²) < 4.78 is 33.7. The second kappa shape index (κ2) is 11.4. The lowest BCUT2D eigenvalue weighted by Crippen LogP contribution is -2.17. The SMILES string of the molecule is CCCCCCCCS(=O)(=O)Nc1cc(C)c(Oc2ccc(O)c(C(C)C)c2)c(C)c1. The van der Waals surface area contributed by atoms with Crippen LogP contribution in [0.1, 0.15) is 81.9 Å². The molecule has 0 fully saturated rings. The molecule has 2 rings (SSSR count). The number of rotatable bonds is 12. The highest BCUT2D eigenvalue weighted by molar-refractivity contribution is 7.92. The van der Waals surface area contributed by atoms with Crippen molar-refractivity contribution < 1.29 is 18.3 Å². The van der Waals surface area contributed by atoms with E-state index in [1.165, 1.54) is 19.3 Å². The maximum absolute atomic E-state index is 12.5. The molecule has 31 heavy (non-hydrogen) atoms. The quantitative estimate of drug-likeness (QED) is 0.343. The number of phenolic OH excluding ortho intramolecular Hbond substituents is 1. The largest absolute Gasteiger partial charge is 0.508 e. The monoisotopic (exact) mass is 447 g/mol. The van der Waals surface area contributed by atoms with Crippen molar-refractivity contribution in [2.24, 2.45) is 0 Å². The predicted octanol–water partition coefficient (Wildman–Crippen LogP) is 7.03. The van der Waals surface area contributed by atoms with Gasteiger partial charge in [-0.05, 0) is 67.6 Å². The van der Waals surface area contributed by atoms with Gasteiger partial charge in [0, 0.05) is 11.3 Å². The molecule has 2 N–H and O–H groups in total. The first-order valence-corrected chi connectivity index (χ1v) is 12.9. The zero-order valence-electron chi connectivity index (χ0n) is 19.5. The van der Waals surface area contributed by atoms with E-state index in [1.54, 1.807) is 24.3 Å². The Morgan fingerprint density at radius 3 is 2.19 bits per heavy atom. The van der Waals surface area contributed by atoms with Gasteiger partial charge in [0.2, 0.25) is 10.0 Å². The summed E-state index contributed by atoms with van der Waals surface area (Å²) in [5, 5.41) is 10.0. The molecule has 0 saturated carbocycles. The molecule has 5 nitrogen and oxygen atoms in total. The van der Waals surface area contributed by atoms with Crippen LogP contribution in [-0.4, -0.2) is 19.3 Å². The Labute approximate surface area is 187 Å². The third kappa shape index (κ3) is 7.76. The van der Waals surface area contributed by atoms with Crippen LogP contribution in [0.4, 0.5) is 5.69 Å². The van der Waals surface area contributed by atoms with Crippen LogP contribution in [0.3, 0.4) is 0 Å². The zero-order chi connectivity index (χ0) is 23.0. The van der Waals surface area contributed by atoms with Crippen LogP contribution < -0.4 is 9.46 Å². The van der Waals surface area contributed by atoms with Crippen LogP contribution in [0.15, 0.2) is 30.3 Å². The topological polar surface area (TPSA) is 75.6 Å². The molecule has 0 aromatic heterocycles. The molecule has 172 valence electrons. The number of sulfonamides is 1. The van der Waals surface area contributed by atoms with E-state index in [0.29, 0.717) is 23.6 Å². The predicted molar refractivity (Wildman–Crippen MR) is 129 cm³/mol. The molecule has 0 spiro atoms. The number of unbranched alkanes of at least 4 members (excludes halogenated alkanes) is 5. The van der Waals surface area contributed by atoms with Gasteiger partial charge in [0.05, 0.1) is 5.75 Å². The molecule has 0 bridgehead atoms. The zero-order valence-corrected chi connectivity index (χ0v) is 20.3. The summed E-state index contributed by atoms with van der Waals surface area (Å²) in [6, 6.07) is 8.81. The van der Waals surface area contributed by atoms with Crippen molar-refractivity contribution in [3.05, 3.63) is 47.0 Å². The Balaban J connectivity index is 2.06. The van der Waals surface area contributed by atoms with E-state index < -0.39 is 10.0 Å². The second-order valence-electron chi connectivity index (χ2n) is 8.61. The number of hydrogen-bond acceptors (Lipinski definition) is 4. The molecule has 0 aliphatic carbocycles. The van der Waals surface area contributed by atoms with Gasteiger partial charge in [0.25, 0.3) is 0 Å². The van der Waals surface area contributed by atoms with Crippen molar-refractivity contribution in [3.8, 4) is 17.2 Å². The number of aromatic hydroxyl groups is 1. The molecule has 0 atom stereocenters. The molecule has 2 aromatic rings. The maximum Gasteiger partial charge on any atom is 0.232 e. The summed E-state index contributed by atoms with van der Waals surface area (Å²) in [5.74, 6) is 1.91. The van der Waals surface area contributed by atoms with Gasteiger partial charge in [-0.15, -0.1) is 0 Å². The van der Waals surface area contributed by atoms with Gasteiger partial charge in [0.15, 0.2) is 0 Å². The Morgan fingerprint density at radius 1 is 0.968 bits per heavy atom. The van der Waals surface area contributed by atoms with Crippen LogP contribution in [-0.2, 0) is 10.0 Å². The minimum Gasteiger partial charge on any atom is -0.508 e. The highest BCUT2D eigenvalue weighted by Crippen LogP contribution is 2.35. The Bertz CT molecular complexity index is 944. The first kappa shape index (κ1) is 25.1. The lowest BCUT2D eigenvalue weighted by atomic mass is 10.0. The minimum atomic E-state index is -3.37. The molecule has 0 radical (unpaired) electrons. The standard InChI is InChI=1S/C25H37NO4S/c1-6-7-8-9-10-11-14-31(28,29)26-21-15-19(4)25(20(5)16-21)30-22-12-13-24(27)23(17-22)18(2)3/h12-13,15-18,26-27H,6-11,14H2,1-5H3. The van der Waals surface area contributed by atoms with Crippen molar-refractivity contribution in [3.63, 3.8) is 0 Å². The Morgan fingerprint density at radius 2 is 1.58 bits per heavy atom. The van der Waals surface area contributed by atoms with Gasteiger partial charge in [-0.2, -0.15) is 0 Å². The van der Waals surface area contributed by atoms with Crippen molar-refractivity contribution in [2.45, 2.75) is 79.1 Å².